The number of fused-ring (bicyclic) bond motifs is 1. The minimum absolute atomic E-state index is 0.0400. The van der Waals surface area contributed by atoms with Gasteiger partial charge in [-0.1, -0.05) is 29.0 Å². The van der Waals surface area contributed by atoms with Crippen LogP contribution in [0.4, 0.5) is 21.2 Å². The molecule has 184 valence electrons. The number of halogens is 2. The third-order valence-corrected chi connectivity index (χ3v) is 6.61. The first-order valence-corrected chi connectivity index (χ1v) is 11.9. The molecule has 2 N–H and O–H groups in total. The zero-order valence-electron chi connectivity index (χ0n) is 19.1. The molecule has 5 rings (SSSR count). The van der Waals surface area contributed by atoms with Gasteiger partial charge in [0.1, 0.15) is 11.9 Å². The van der Waals surface area contributed by atoms with E-state index in [1.54, 1.807) is 25.2 Å². The molecule has 0 saturated carbocycles. The predicted molar refractivity (Wildman–Crippen MR) is 140 cm³/mol. The third-order valence-electron chi connectivity index (χ3n) is 5.37. The van der Waals surface area contributed by atoms with Crippen molar-refractivity contribution in [2.24, 2.45) is 0 Å². The second kappa shape index (κ2) is 9.81. The molecule has 0 amide bonds. The number of anilines is 3. The van der Waals surface area contributed by atoms with Crippen LogP contribution >= 0.6 is 22.9 Å². The van der Waals surface area contributed by atoms with Gasteiger partial charge in [0.05, 0.1) is 39.2 Å². The first-order chi connectivity index (χ1) is 17.9. The summed E-state index contributed by atoms with van der Waals surface area (Å²) in [5, 5.41) is 16.2. The molecule has 0 radical (unpaired) electrons. The summed E-state index contributed by atoms with van der Waals surface area (Å²) in [6, 6.07) is 12.5. The van der Waals surface area contributed by atoms with Crippen molar-refractivity contribution in [3.63, 3.8) is 0 Å². The lowest BCUT2D eigenvalue weighted by Gasteiger charge is -2.16. The Bertz CT molecular complexity index is 1820. The van der Waals surface area contributed by atoms with Gasteiger partial charge in [-0.25, -0.2) is 23.5 Å². The molecule has 0 spiro atoms. The highest BCUT2D eigenvalue weighted by Gasteiger charge is 2.17. The fourth-order valence-corrected chi connectivity index (χ4v) is 4.68. The van der Waals surface area contributed by atoms with Crippen LogP contribution in [0.25, 0.3) is 15.9 Å². The number of aromatic nitrogens is 5. The van der Waals surface area contributed by atoms with Crippen molar-refractivity contribution in [1.29, 1.82) is 5.26 Å². The summed E-state index contributed by atoms with van der Waals surface area (Å²) < 4.78 is 16.8. The SMILES string of the molecule is CNc1nc2ccc(Nc3nc(=O)n(-c4cncc(Cl)c4)c(=O)n3Cc3ccc(F)c(C#N)c3)cc2s1. The maximum absolute atomic E-state index is 13.9. The van der Waals surface area contributed by atoms with E-state index in [1.807, 2.05) is 6.07 Å². The predicted octanol–water partition coefficient (Wildman–Crippen LogP) is 3.90. The first-order valence-electron chi connectivity index (χ1n) is 10.7. The van der Waals surface area contributed by atoms with Crippen molar-refractivity contribution < 1.29 is 4.39 Å². The van der Waals surface area contributed by atoms with Gasteiger partial charge in [0.25, 0.3) is 0 Å². The topological polar surface area (TPSA) is 131 Å². The van der Waals surface area contributed by atoms with Crippen molar-refractivity contribution in [3.8, 4) is 11.8 Å². The molecule has 5 aromatic rings. The van der Waals surface area contributed by atoms with Crippen LogP contribution in [0, 0.1) is 17.1 Å². The minimum Gasteiger partial charge on any atom is -0.365 e. The summed E-state index contributed by atoms with van der Waals surface area (Å²) in [6.45, 7) is -0.107. The summed E-state index contributed by atoms with van der Waals surface area (Å²) in [4.78, 5) is 39.1. The summed E-state index contributed by atoms with van der Waals surface area (Å²) in [6.07, 6.45) is 2.69. The fraction of sp³-hybridized carbons (Fsp3) is 0.0833. The molecular formula is C24H16ClFN8O2S. The van der Waals surface area contributed by atoms with E-state index in [0.29, 0.717) is 11.3 Å². The average molecular weight is 535 g/mol. The number of nitriles is 1. The van der Waals surface area contributed by atoms with Crippen LogP contribution in [0.3, 0.4) is 0 Å². The highest BCUT2D eigenvalue weighted by Crippen LogP contribution is 2.29. The molecule has 0 aliphatic carbocycles. The van der Waals surface area contributed by atoms with Crippen LogP contribution in [0.5, 0.6) is 0 Å². The Balaban J connectivity index is 1.65. The first kappa shape index (κ1) is 24.1. The van der Waals surface area contributed by atoms with Gasteiger partial charge < -0.3 is 10.6 Å². The van der Waals surface area contributed by atoms with Gasteiger partial charge in [-0.3, -0.25) is 9.55 Å². The molecule has 3 heterocycles. The van der Waals surface area contributed by atoms with Gasteiger partial charge in [-0.15, -0.1) is 0 Å². The normalized spacial score (nSPS) is 10.9. The average Bonchev–Trinajstić information content (AvgIpc) is 3.30. The lowest BCUT2D eigenvalue weighted by molar-refractivity contribution is 0.620. The Hall–Kier alpha value is -4.60. The van der Waals surface area contributed by atoms with Crippen molar-refractivity contribution >= 4 is 49.9 Å². The molecule has 0 aliphatic heterocycles. The molecule has 0 bridgehead atoms. The Labute approximate surface area is 217 Å². The summed E-state index contributed by atoms with van der Waals surface area (Å²) in [5.74, 6) is -0.717. The van der Waals surface area contributed by atoms with Gasteiger partial charge in [-0.2, -0.15) is 10.2 Å². The highest BCUT2D eigenvalue weighted by atomic mass is 35.5. The monoisotopic (exact) mass is 534 g/mol. The van der Waals surface area contributed by atoms with Gasteiger partial charge in [-0.05, 0) is 42.0 Å². The van der Waals surface area contributed by atoms with Crippen molar-refractivity contribution in [1.82, 2.24) is 24.1 Å². The largest absolute Gasteiger partial charge is 0.365 e. The molecule has 37 heavy (non-hydrogen) atoms. The number of nitrogens with zero attached hydrogens (tertiary/aromatic N) is 6. The van der Waals surface area contributed by atoms with Crippen LogP contribution in [0.15, 0.2) is 64.4 Å². The molecule has 0 saturated heterocycles. The maximum Gasteiger partial charge on any atom is 0.359 e. The molecule has 3 aromatic heterocycles. The van der Waals surface area contributed by atoms with E-state index in [0.717, 1.165) is 26.0 Å². The lowest BCUT2D eigenvalue weighted by atomic mass is 10.1. The van der Waals surface area contributed by atoms with Crippen LogP contribution in [-0.4, -0.2) is 31.1 Å². The van der Waals surface area contributed by atoms with E-state index >= 15 is 0 Å². The molecule has 0 fully saturated rings. The van der Waals surface area contributed by atoms with Gasteiger partial charge >= 0.3 is 11.4 Å². The van der Waals surface area contributed by atoms with Crippen molar-refractivity contribution in [2.45, 2.75) is 6.54 Å². The zero-order chi connectivity index (χ0) is 26.1. The highest BCUT2D eigenvalue weighted by molar-refractivity contribution is 7.22. The third kappa shape index (κ3) is 4.77. The van der Waals surface area contributed by atoms with Gasteiger partial charge in [0, 0.05) is 18.9 Å². The number of benzene rings is 2. The number of rotatable bonds is 6. The quantitative estimate of drug-likeness (QED) is 0.335. The van der Waals surface area contributed by atoms with Crippen LogP contribution in [0.2, 0.25) is 5.02 Å². The van der Waals surface area contributed by atoms with E-state index in [4.69, 9.17) is 11.6 Å². The number of nitrogens with one attached hydrogen (secondary N) is 2. The maximum atomic E-state index is 13.9. The van der Waals surface area contributed by atoms with E-state index in [9.17, 15) is 19.2 Å². The minimum atomic E-state index is -0.846. The molecule has 0 aliphatic rings. The smallest absolute Gasteiger partial charge is 0.359 e. The second-order valence-electron chi connectivity index (χ2n) is 7.79. The standard InChI is InChI=1S/C24H16ClFN8O2S/c1-28-22-31-19-5-3-16(8-20(19)37-22)30-21-32-23(35)34(17-7-15(25)10-29-11-17)24(36)33(21)12-13-2-4-18(26)14(6-13)9-27/h2-8,10-11H,12H2,1H3,(H,28,31)(H,30,32,35). The Kier molecular flexibility index (Phi) is 6.39. The molecule has 2 aromatic carbocycles. The van der Waals surface area contributed by atoms with Crippen LogP contribution in [-0.2, 0) is 6.54 Å². The number of hydrogen-bond acceptors (Lipinski definition) is 9. The van der Waals surface area contributed by atoms with E-state index < -0.39 is 17.2 Å². The van der Waals surface area contributed by atoms with E-state index in [1.165, 1.54) is 46.5 Å². The summed E-state index contributed by atoms with van der Waals surface area (Å²) in [5.41, 5.74) is 0.194. The lowest BCUT2D eigenvalue weighted by Crippen LogP contribution is -2.41. The Morgan fingerprint density at radius 1 is 1.14 bits per heavy atom. The van der Waals surface area contributed by atoms with Gasteiger partial charge in [0.15, 0.2) is 5.13 Å². The molecule has 0 unspecified atom stereocenters. The summed E-state index contributed by atoms with van der Waals surface area (Å²) >= 11 is 7.46. The number of thiazole rings is 1. The molecular weight excluding hydrogens is 519 g/mol. The Morgan fingerprint density at radius 2 is 1.97 bits per heavy atom. The second-order valence-corrected chi connectivity index (χ2v) is 9.25. The van der Waals surface area contributed by atoms with Crippen LogP contribution in [0.1, 0.15) is 11.1 Å². The van der Waals surface area contributed by atoms with E-state index in [2.05, 4.69) is 25.6 Å². The Morgan fingerprint density at radius 3 is 2.73 bits per heavy atom. The summed E-state index contributed by atoms with van der Waals surface area (Å²) in [7, 11) is 1.77. The van der Waals surface area contributed by atoms with Crippen LogP contribution < -0.4 is 22.0 Å². The van der Waals surface area contributed by atoms with Crippen molar-refractivity contribution in [3.05, 3.63) is 97.8 Å². The molecule has 0 atom stereocenters. The van der Waals surface area contributed by atoms with E-state index in [-0.39, 0.29) is 28.8 Å². The van der Waals surface area contributed by atoms with Gasteiger partial charge in [0.2, 0.25) is 5.95 Å². The van der Waals surface area contributed by atoms with Crippen molar-refractivity contribution in [2.75, 3.05) is 17.7 Å². The molecule has 10 nitrogen and oxygen atoms in total. The number of pyridine rings is 1. The number of hydrogen-bond donors (Lipinski definition) is 2. The zero-order valence-corrected chi connectivity index (χ0v) is 20.6. The molecule has 13 heteroatoms. The fourth-order valence-electron chi connectivity index (χ4n) is 3.65.